The second-order valence-corrected chi connectivity index (χ2v) is 7.78. The van der Waals surface area contributed by atoms with E-state index in [1.54, 1.807) is 12.1 Å². The number of nitrogens with zero attached hydrogens (tertiary/aromatic N) is 1. The first-order chi connectivity index (χ1) is 10.6. The van der Waals surface area contributed by atoms with Crippen LogP contribution in [0.3, 0.4) is 0 Å². The molecule has 128 valence electrons. The summed E-state index contributed by atoms with van der Waals surface area (Å²) in [5, 5.41) is 0. The molecule has 0 spiro atoms. The van der Waals surface area contributed by atoms with E-state index in [9.17, 15) is 13.2 Å². The van der Waals surface area contributed by atoms with Crippen LogP contribution in [-0.4, -0.2) is 41.1 Å². The average molecular weight is 342 g/mol. The van der Waals surface area contributed by atoms with Gasteiger partial charge in [0.05, 0.1) is 25.2 Å². The molecule has 0 aromatic heterocycles. The summed E-state index contributed by atoms with van der Waals surface area (Å²) in [5.74, 6) is -0.0269. The van der Waals surface area contributed by atoms with Gasteiger partial charge in [-0.2, -0.15) is 4.99 Å². The Hall–Kier alpha value is -1.89. The van der Waals surface area contributed by atoms with E-state index in [0.717, 1.165) is 5.56 Å². The Balaban J connectivity index is 3.44. The number of sulfonamides is 1. The minimum Gasteiger partial charge on any atom is -0.492 e. The van der Waals surface area contributed by atoms with Crippen LogP contribution in [0.4, 0.5) is 11.4 Å². The van der Waals surface area contributed by atoms with E-state index in [2.05, 4.69) is 9.71 Å². The van der Waals surface area contributed by atoms with Crippen molar-refractivity contribution in [3.8, 4) is 5.75 Å². The topological polar surface area (TPSA) is 94.1 Å². The van der Waals surface area contributed by atoms with E-state index in [4.69, 9.17) is 9.47 Å². The number of hydrogen-bond donors (Lipinski definition) is 1. The number of hydrogen-bond acceptors (Lipinski definition) is 6. The molecule has 1 rings (SSSR count). The molecule has 8 heteroatoms. The number of carbonyl (C=O) groups excluding carboxylic acids is 1. The molecule has 23 heavy (non-hydrogen) atoms. The second kappa shape index (κ2) is 7.59. The first-order valence-electron chi connectivity index (χ1n) is 6.94. The highest BCUT2D eigenvalue weighted by Crippen LogP contribution is 2.40. The van der Waals surface area contributed by atoms with Gasteiger partial charge in [-0.25, -0.2) is 13.2 Å². The third kappa shape index (κ3) is 5.35. The Labute approximate surface area is 136 Å². The number of benzene rings is 1. The van der Waals surface area contributed by atoms with Crippen LogP contribution in [-0.2, 0) is 25.0 Å². The SMILES string of the molecule is COCCS(=O)(=O)Nc1cc(C(C)(C)C)cc(N=C=O)c1OC. The van der Waals surface area contributed by atoms with Gasteiger partial charge in [0, 0.05) is 7.11 Å². The molecule has 7 nitrogen and oxygen atoms in total. The Morgan fingerprint density at radius 3 is 2.39 bits per heavy atom. The van der Waals surface area contributed by atoms with Crippen molar-refractivity contribution in [3.63, 3.8) is 0 Å². The van der Waals surface area contributed by atoms with Gasteiger partial charge in [-0.05, 0) is 23.1 Å². The Morgan fingerprint density at radius 1 is 1.26 bits per heavy atom. The minimum atomic E-state index is -3.62. The number of anilines is 1. The number of ether oxygens (including phenoxy) is 2. The van der Waals surface area contributed by atoms with Gasteiger partial charge in [-0.3, -0.25) is 4.72 Å². The van der Waals surface area contributed by atoms with E-state index < -0.39 is 10.0 Å². The van der Waals surface area contributed by atoms with Crippen LogP contribution < -0.4 is 9.46 Å². The molecule has 0 aliphatic carbocycles. The molecule has 0 atom stereocenters. The summed E-state index contributed by atoms with van der Waals surface area (Å²) in [5.41, 5.74) is 0.979. The fourth-order valence-electron chi connectivity index (χ4n) is 1.88. The lowest BCUT2D eigenvalue weighted by atomic mass is 9.86. The first kappa shape index (κ1) is 19.2. The van der Waals surface area contributed by atoms with E-state index in [0.29, 0.717) is 0 Å². The van der Waals surface area contributed by atoms with E-state index in [1.165, 1.54) is 20.3 Å². The molecule has 0 radical (unpaired) electrons. The highest BCUT2D eigenvalue weighted by molar-refractivity contribution is 7.92. The van der Waals surface area contributed by atoms with Gasteiger partial charge in [-0.15, -0.1) is 0 Å². The highest BCUT2D eigenvalue weighted by Gasteiger charge is 2.22. The third-order valence-corrected chi connectivity index (χ3v) is 4.36. The molecular weight excluding hydrogens is 320 g/mol. The van der Waals surface area contributed by atoms with Gasteiger partial charge in [-0.1, -0.05) is 20.8 Å². The highest BCUT2D eigenvalue weighted by atomic mass is 32.2. The van der Waals surface area contributed by atoms with Crippen molar-refractivity contribution in [2.24, 2.45) is 4.99 Å². The number of methoxy groups -OCH3 is 2. The lowest BCUT2D eigenvalue weighted by molar-refractivity contribution is 0.217. The van der Waals surface area contributed by atoms with Crippen LogP contribution in [0.25, 0.3) is 0 Å². The molecule has 1 N–H and O–H groups in total. The zero-order valence-electron chi connectivity index (χ0n) is 14.0. The fourth-order valence-corrected chi connectivity index (χ4v) is 2.86. The lowest BCUT2D eigenvalue weighted by Gasteiger charge is -2.22. The number of rotatable bonds is 7. The predicted octanol–water partition coefficient (Wildman–Crippen LogP) is 2.35. The van der Waals surface area contributed by atoms with E-state index in [-0.39, 0.29) is 34.9 Å². The number of isocyanates is 1. The van der Waals surface area contributed by atoms with Crippen LogP contribution >= 0.6 is 0 Å². The zero-order chi connectivity index (χ0) is 17.7. The van der Waals surface area contributed by atoms with Crippen LogP contribution in [0.5, 0.6) is 5.75 Å². The summed E-state index contributed by atoms with van der Waals surface area (Å²) < 4.78 is 36.7. The molecule has 0 saturated carbocycles. The molecular formula is C15H22N2O5S. The third-order valence-electron chi connectivity index (χ3n) is 3.13. The lowest BCUT2D eigenvalue weighted by Crippen LogP contribution is -2.21. The molecule has 0 fully saturated rings. The summed E-state index contributed by atoms with van der Waals surface area (Å²) >= 11 is 0. The monoisotopic (exact) mass is 342 g/mol. The summed E-state index contributed by atoms with van der Waals surface area (Å²) in [4.78, 5) is 14.3. The van der Waals surface area contributed by atoms with Crippen molar-refractivity contribution >= 4 is 27.5 Å². The quantitative estimate of drug-likeness (QED) is 0.606. The van der Waals surface area contributed by atoms with Gasteiger partial charge in [0.15, 0.2) is 5.75 Å². The van der Waals surface area contributed by atoms with Crippen molar-refractivity contribution in [2.45, 2.75) is 26.2 Å². The molecule has 0 unspecified atom stereocenters. The second-order valence-electron chi connectivity index (χ2n) is 5.94. The molecule has 0 bridgehead atoms. The maximum atomic E-state index is 12.1. The van der Waals surface area contributed by atoms with E-state index >= 15 is 0 Å². The molecule has 0 aliphatic rings. The van der Waals surface area contributed by atoms with Gasteiger partial charge >= 0.3 is 0 Å². The largest absolute Gasteiger partial charge is 0.492 e. The van der Waals surface area contributed by atoms with Crippen molar-refractivity contribution in [1.29, 1.82) is 0 Å². The van der Waals surface area contributed by atoms with Crippen LogP contribution in [0.1, 0.15) is 26.3 Å². The zero-order valence-corrected chi connectivity index (χ0v) is 14.8. The van der Waals surface area contributed by atoms with Crippen molar-refractivity contribution in [1.82, 2.24) is 0 Å². The molecule has 0 heterocycles. The fraction of sp³-hybridized carbons (Fsp3) is 0.533. The standard InChI is InChI=1S/C15H22N2O5S/c1-15(2,3)11-8-12(16-10-18)14(22-5)13(9-11)17-23(19,20)7-6-21-4/h8-9,17H,6-7H2,1-5H3. The van der Waals surface area contributed by atoms with Crippen molar-refractivity contribution in [3.05, 3.63) is 17.7 Å². The smallest absolute Gasteiger partial charge is 0.240 e. The summed E-state index contributed by atoms with van der Waals surface area (Å²) in [6.07, 6.45) is 1.46. The normalized spacial score (nSPS) is 11.7. The molecule has 1 aromatic carbocycles. The Morgan fingerprint density at radius 2 is 1.91 bits per heavy atom. The average Bonchev–Trinajstić information content (AvgIpc) is 2.44. The number of aliphatic imine (C=N–C) groups is 1. The predicted molar refractivity (Wildman–Crippen MR) is 88.8 cm³/mol. The number of nitrogens with one attached hydrogen (secondary N) is 1. The van der Waals surface area contributed by atoms with Gasteiger partial charge < -0.3 is 9.47 Å². The van der Waals surface area contributed by atoms with Gasteiger partial charge in [0.2, 0.25) is 16.1 Å². The maximum Gasteiger partial charge on any atom is 0.240 e. The Bertz CT molecular complexity index is 701. The molecule has 0 aliphatic heterocycles. The van der Waals surface area contributed by atoms with E-state index in [1.807, 2.05) is 20.8 Å². The molecule has 0 saturated heterocycles. The van der Waals surface area contributed by atoms with Crippen molar-refractivity contribution < 1.29 is 22.7 Å². The van der Waals surface area contributed by atoms with Crippen LogP contribution in [0.15, 0.2) is 17.1 Å². The minimum absolute atomic E-state index is 0.0654. The van der Waals surface area contributed by atoms with Gasteiger partial charge in [0.1, 0.15) is 5.69 Å². The van der Waals surface area contributed by atoms with Crippen molar-refractivity contribution in [2.75, 3.05) is 31.3 Å². The Kier molecular flexibility index (Phi) is 6.32. The summed E-state index contributed by atoms with van der Waals surface area (Å²) in [7, 11) is -0.817. The summed E-state index contributed by atoms with van der Waals surface area (Å²) in [6.45, 7) is 5.96. The van der Waals surface area contributed by atoms with Crippen LogP contribution in [0.2, 0.25) is 0 Å². The first-order valence-corrected chi connectivity index (χ1v) is 8.59. The molecule has 0 amide bonds. The summed E-state index contributed by atoms with van der Waals surface area (Å²) in [6, 6.07) is 3.35. The molecule has 1 aromatic rings. The maximum absolute atomic E-state index is 12.1. The van der Waals surface area contributed by atoms with Crippen LogP contribution in [0, 0.1) is 0 Å². The van der Waals surface area contributed by atoms with Gasteiger partial charge in [0.25, 0.3) is 0 Å².